The van der Waals surface area contributed by atoms with Gasteiger partial charge in [0.15, 0.2) is 0 Å². The Bertz CT molecular complexity index is 296. The Morgan fingerprint density at radius 2 is 1.75 bits per heavy atom. The third-order valence-corrected chi connectivity index (χ3v) is 4.02. The molecular formula is C11H19NO3S. The maximum absolute atomic E-state index is 10.8. The van der Waals surface area contributed by atoms with E-state index in [-0.39, 0.29) is 16.0 Å². The monoisotopic (exact) mass is 245 g/mol. The summed E-state index contributed by atoms with van der Waals surface area (Å²) < 4.78 is 7.61. The minimum atomic E-state index is -0.969. The molecule has 16 heavy (non-hydrogen) atoms. The molecule has 1 rings (SSSR count). The molecule has 0 aromatic heterocycles. The van der Waals surface area contributed by atoms with Gasteiger partial charge in [0, 0.05) is 0 Å². The molecule has 92 valence electrons. The zero-order chi connectivity index (χ0) is 12.6. The van der Waals surface area contributed by atoms with Gasteiger partial charge in [-0.15, -0.1) is 0 Å². The lowest BCUT2D eigenvalue weighted by Gasteiger charge is -2.51. The van der Waals surface area contributed by atoms with Gasteiger partial charge in [-0.2, -0.15) is 0 Å². The first-order valence-corrected chi connectivity index (χ1v) is 5.92. The summed E-state index contributed by atoms with van der Waals surface area (Å²) in [6, 6.07) is 0. The van der Waals surface area contributed by atoms with Gasteiger partial charge < -0.3 is 9.84 Å². The second kappa shape index (κ2) is 4.39. The number of rotatable bonds is 3. The van der Waals surface area contributed by atoms with Crippen LogP contribution in [-0.2, 0) is 9.53 Å². The lowest BCUT2D eigenvalue weighted by atomic mass is 9.96. The highest BCUT2D eigenvalue weighted by Crippen LogP contribution is 2.39. The second-order valence-corrected chi connectivity index (χ2v) is 6.27. The molecule has 1 fully saturated rings. The largest absolute Gasteiger partial charge is 0.477 e. The van der Waals surface area contributed by atoms with Crippen LogP contribution >= 0.6 is 11.9 Å². The molecule has 0 aromatic carbocycles. The zero-order valence-electron chi connectivity index (χ0n) is 10.2. The van der Waals surface area contributed by atoms with Gasteiger partial charge in [-0.3, -0.25) is 0 Å². The smallest absolute Gasteiger partial charge is 0.342 e. The number of carboxylic acids is 1. The molecule has 0 radical (unpaired) electrons. The van der Waals surface area contributed by atoms with Crippen molar-refractivity contribution in [1.82, 2.24) is 4.31 Å². The van der Waals surface area contributed by atoms with Crippen LogP contribution in [0.2, 0.25) is 0 Å². The molecule has 0 amide bonds. The molecule has 0 spiro atoms. The van der Waals surface area contributed by atoms with Crippen LogP contribution in [0.25, 0.3) is 0 Å². The fraction of sp³-hybridized carbons (Fsp3) is 0.727. The normalized spacial score (nSPS) is 24.0. The number of carbonyl (C=O) groups is 1. The fourth-order valence-electron chi connectivity index (χ4n) is 1.88. The highest BCUT2D eigenvalue weighted by atomic mass is 32.2. The van der Waals surface area contributed by atoms with Crippen LogP contribution in [0.4, 0.5) is 0 Å². The maximum Gasteiger partial charge on any atom is 0.342 e. The Hall–Kier alpha value is -0.520. The van der Waals surface area contributed by atoms with Crippen molar-refractivity contribution in [3.05, 3.63) is 11.5 Å². The molecule has 4 nitrogen and oxygen atoms in total. The third-order valence-electron chi connectivity index (χ3n) is 2.45. The average molecular weight is 245 g/mol. The van der Waals surface area contributed by atoms with E-state index >= 15 is 0 Å². The van der Waals surface area contributed by atoms with Crippen molar-refractivity contribution >= 4 is 17.9 Å². The summed E-state index contributed by atoms with van der Waals surface area (Å²) in [6.07, 6.45) is 0. The first-order valence-electron chi connectivity index (χ1n) is 5.15. The Kier molecular flexibility index (Phi) is 3.72. The average Bonchev–Trinajstić information content (AvgIpc) is 2.10. The highest BCUT2D eigenvalue weighted by molar-refractivity contribution is 8.01. The molecule has 0 atom stereocenters. The van der Waals surface area contributed by atoms with E-state index in [0.717, 1.165) is 0 Å². The van der Waals surface area contributed by atoms with E-state index in [9.17, 15) is 4.79 Å². The summed E-state index contributed by atoms with van der Waals surface area (Å²) in [5.74, 6) is -0.969. The van der Waals surface area contributed by atoms with Gasteiger partial charge in [-0.1, -0.05) is 6.58 Å². The van der Waals surface area contributed by atoms with Crippen molar-refractivity contribution in [2.75, 3.05) is 13.2 Å². The number of aliphatic carboxylic acids is 1. The van der Waals surface area contributed by atoms with E-state index in [1.165, 1.54) is 11.9 Å². The zero-order valence-corrected chi connectivity index (χ0v) is 11.1. The molecule has 5 heteroatoms. The van der Waals surface area contributed by atoms with Crippen LogP contribution < -0.4 is 0 Å². The molecule has 1 saturated heterocycles. The molecule has 1 aliphatic heterocycles. The Morgan fingerprint density at radius 1 is 1.31 bits per heavy atom. The van der Waals surface area contributed by atoms with Crippen LogP contribution in [0.1, 0.15) is 27.7 Å². The van der Waals surface area contributed by atoms with Gasteiger partial charge >= 0.3 is 5.97 Å². The summed E-state index contributed by atoms with van der Waals surface area (Å²) in [6.45, 7) is 12.9. The fourth-order valence-corrected chi connectivity index (χ4v) is 2.78. The van der Waals surface area contributed by atoms with Crippen LogP contribution in [0.3, 0.4) is 0 Å². The molecule has 1 N–H and O–H groups in total. The van der Waals surface area contributed by atoms with E-state index < -0.39 is 5.97 Å². The van der Waals surface area contributed by atoms with Crippen molar-refractivity contribution in [2.24, 2.45) is 0 Å². The van der Waals surface area contributed by atoms with E-state index in [2.05, 4.69) is 10.9 Å². The summed E-state index contributed by atoms with van der Waals surface area (Å²) in [4.78, 5) is 11.0. The van der Waals surface area contributed by atoms with E-state index in [1.54, 1.807) is 0 Å². The van der Waals surface area contributed by atoms with Gasteiger partial charge in [0.25, 0.3) is 0 Å². The van der Waals surface area contributed by atoms with E-state index in [4.69, 9.17) is 9.84 Å². The third kappa shape index (κ3) is 2.78. The van der Waals surface area contributed by atoms with Crippen molar-refractivity contribution < 1.29 is 14.6 Å². The lowest BCUT2D eigenvalue weighted by Crippen LogP contribution is -2.60. The molecule has 0 unspecified atom stereocenters. The Balaban J connectivity index is 2.87. The predicted octanol–water partition coefficient (Wildman–Crippen LogP) is 2.12. The van der Waals surface area contributed by atoms with Gasteiger partial charge in [0.2, 0.25) is 0 Å². The van der Waals surface area contributed by atoms with Gasteiger partial charge in [0.1, 0.15) is 4.91 Å². The van der Waals surface area contributed by atoms with Gasteiger partial charge in [-0.25, -0.2) is 9.10 Å². The number of ether oxygens (including phenoxy) is 1. The molecule has 0 aromatic rings. The maximum atomic E-state index is 10.8. The van der Waals surface area contributed by atoms with Crippen molar-refractivity contribution in [1.29, 1.82) is 0 Å². The minimum Gasteiger partial charge on any atom is -0.477 e. The molecule has 0 bridgehead atoms. The van der Waals surface area contributed by atoms with Crippen LogP contribution in [0.5, 0.6) is 0 Å². The Morgan fingerprint density at radius 3 is 2.12 bits per heavy atom. The van der Waals surface area contributed by atoms with Crippen molar-refractivity contribution in [3.8, 4) is 0 Å². The first-order chi connectivity index (χ1) is 7.17. The Labute approximate surface area is 101 Å². The molecule has 1 heterocycles. The van der Waals surface area contributed by atoms with Crippen LogP contribution in [0.15, 0.2) is 11.5 Å². The number of morpholine rings is 1. The SMILES string of the molecule is C=C(SN1C(C)(C)COCC1(C)C)C(=O)O. The summed E-state index contributed by atoms with van der Waals surface area (Å²) in [5.41, 5.74) is -0.407. The number of nitrogens with zero attached hydrogens (tertiary/aromatic N) is 1. The molecule has 0 saturated carbocycles. The number of carboxylic acid groups (broad SMARTS) is 1. The van der Waals surface area contributed by atoms with Gasteiger partial charge in [0.05, 0.1) is 24.3 Å². The molecular weight excluding hydrogens is 226 g/mol. The summed E-state index contributed by atoms with van der Waals surface area (Å²) >= 11 is 1.20. The molecule has 0 aliphatic carbocycles. The van der Waals surface area contributed by atoms with Gasteiger partial charge in [-0.05, 0) is 39.6 Å². The van der Waals surface area contributed by atoms with Crippen LogP contribution in [-0.4, -0.2) is 39.7 Å². The number of hydrogen-bond donors (Lipinski definition) is 1. The second-order valence-electron chi connectivity index (χ2n) is 5.23. The molecule has 1 aliphatic rings. The van der Waals surface area contributed by atoms with Crippen LogP contribution in [0, 0.1) is 0 Å². The number of hydrogen-bond acceptors (Lipinski definition) is 4. The quantitative estimate of drug-likeness (QED) is 0.609. The summed E-state index contributed by atoms with van der Waals surface area (Å²) in [7, 11) is 0. The standard InChI is InChI=1S/C11H19NO3S/c1-8(9(13)14)16-12-10(2,3)6-15-7-11(12,4)5/h1,6-7H2,2-5H3,(H,13,14). The lowest BCUT2D eigenvalue weighted by molar-refractivity contribution is -0.131. The van der Waals surface area contributed by atoms with E-state index in [0.29, 0.717) is 13.2 Å². The van der Waals surface area contributed by atoms with Crippen molar-refractivity contribution in [3.63, 3.8) is 0 Å². The highest BCUT2D eigenvalue weighted by Gasteiger charge is 2.43. The van der Waals surface area contributed by atoms with E-state index in [1.807, 2.05) is 27.7 Å². The predicted molar refractivity (Wildman–Crippen MR) is 65.2 cm³/mol. The minimum absolute atomic E-state index is 0.142. The first kappa shape index (κ1) is 13.5. The van der Waals surface area contributed by atoms with Crippen molar-refractivity contribution in [2.45, 2.75) is 38.8 Å². The topological polar surface area (TPSA) is 49.8 Å². The summed E-state index contributed by atoms with van der Waals surface area (Å²) in [5, 5.41) is 8.87.